The smallest absolute Gasteiger partial charge is 0.756 e. The quantitative estimate of drug-likeness (QED) is 0.181. The maximum atomic E-state index is 11.8. The Labute approximate surface area is 217 Å². The van der Waals surface area contributed by atoms with E-state index in [0.717, 1.165) is 4.57 Å². The van der Waals surface area contributed by atoms with Gasteiger partial charge < -0.3 is 33.9 Å². The minimum Gasteiger partial charge on any atom is -0.756 e. The monoisotopic (exact) mass is 526 g/mol. The molecule has 2 heterocycles. The van der Waals surface area contributed by atoms with Crippen molar-refractivity contribution in [3.63, 3.8) is 0 Å². The normalized spacial score (nSPS) is 26.6. The van der Waals surface area contributed by atoms with Crippen LogP contribution in [0.3, 0.4) is 0 Å². The van der Waals surface area contributed by atoms with E-state index in [4.69, 9.17) is 14.5 Å². The molecule has 1 aromatic rings. The molecular weight excluding hydrogens is 511 g/mol. The molecule has 4 N–H and O–H groups in total. The summed E-state index contributed by atoms with van der Waals surface area (Å²) in [6, 6.07) is 0. The SMILES string of the molecule is Cc1cn([C@H]2C[C@H](O)[C@@H](COP(=O)([O-])OP(=O)(O)OP(=O)([O-])O)O2)c(=O)[nH]c1=O.[Na+].[Na+]. The molecule has 1 fully saturated rings. The predicted octanol–water partition coefficient (Wildman–Crippen LogP) is -8.42. The van der Waals surface area contributed by atoms with Crippen LogP contribution in [0.2, 0.25) is 0 Å². The minimum absolute atomic E-state index is 0. The van der Waals surface area contributed by atoms with Gasteiger partial charge in [-0.3, -0.25) is 23.5 Å². The van der Waals surface area contributed by atoms with E-state index in [1.54, 1.807) is 0 Å². The van der Waals surface area contributed by atoms with Gasteiger partial charge in [0.25, 0.3) is 21.2 Å². The summed E-state index contributed by atoms with van der Waals surface area (Å²) in [7, 11) is -17.3. The zero-order chi connectivity index (χ0) is 22.2. The van der Waals surface area contributed by atoms with Gasteiger partial charge in [-0.15, -0.1) is 0 Å². The molecule has 1 aliphatic rings. The summed E-state index contributed by atoms with van der Waals surface area (Å²) < 4.78 is 50.4. The van der Waals surface area contributed by atoms with E-state index in [1.807, 2.05) is 4.98 Å². The molecule has 21 heteroatoms. The summed E-state index contributed by atoms with van der Waals surface area (Å²) in [6.45, 7) is 0.456. The van der Waals surface area contributed by atoms with E-state index in [-0.39, 0.29) is 71.1 Å². The molecule has 0 aliphatic carbocycles. The second-order valence-corrected chi connectivity index (χ2v) is 10.1. The molecule has 2 rings (SSSR count). The van der Waals surface area contributed by atoms with Crippen molar-refractivity contribution in [1.29, 1.82) is 0 Å². The second kappa shape index (κ2) is 12.1. The largest absolute Gasteiger partial charge is 1.00 e. The number of aliphatic hydroxyl groups excluding tert-OH is 1. The van der Waals surface area contributed by atoms with Gasteiger partial charge in [-0.1, -0.05) is 0 Å². The Hall–Kier alpha value is 1.01. The Bertz CT molecular complexity index is 1020. The second-order valence-electron chi connectivity index (χ2n) is 5.75. The van der Waals surface area contributed by atoms with E-state index in [2.05, 4.69) is 13.1 Å². The molecule has 0 saturated carbocycles. The van der Waals surface area contributed by atoms with Crippen molar-refractivity contribution in [3.8, 4) is 0 Å². The number of ether oxygens (including phenoxy) is 1. The molecule has 3 unspecified atom stereocenters. The van der Waals surface area contributed by atoms with Crippen LogP contribution in [0.15, 0.2) is 15.8 Å². The van der Waals surface area contributed by atoms with E-state index in [0.29, 0.717) is 0 Å². The maximum absolute atomic E-state index is 11.8. The van der Waals surface area contributed by atoms with E-state index < -0.39 is 59.8 Å². The van der Waals surface area contributed by atoms with Gasteiger partial charge in [-0.25, -0.2) is 18.0 Å². The zero-order valence-corrected chi connectivity index (χ0v) is 23.0. The van der Waals surface area contributed by atoms with Gasteiger partial charge in [0.05, 0.1) is 12.7 Å². The standard InChI is InChI=1S/C10H17N2O14P3.2Na/c1-5-3-12(10(15)11-9(5)14)8-2-6(13)7(24-8)4-23-28(19,20)26-29(21,22)25-27(16,17)18;;/h3,6-8,13H,2,4H2,1H3,(H,19,20)(H,21,22)(H,11,14,15)(H2,16,17,18);;/q;2*+1/p-2/t6-,7+,8+;;/m0../s1. The van der Waals surface area contributed by atoms with Gasteiger partial charge in [0.15, 0.2) is 0 Å². The number of phosphoric acid groups is 3. The Morgan fingerprint density at radius 3 is 2.35 bits per heavy atom. The molecule has 1 aromatic heterocycles. The zero-order valence-electron chi connectivity index (χ0n) is 16.3. The molecular formula is C10H15N2Na2O14P3. The van der Waals surface area contributed by atoms with Crippen LogP contribution < -0.4 is 80.2 Å². The van der Waals surface area contributed by atoms with Crippen LogP contribution >= 0.6 is 23.5 Å². The van der Waals surface area contributed by atoms with Crippen LogP contribution in [0.25, 0.3) is 0 Å². The summed E-state index contributed by atoms with van der Waals surface area (Å²) >= 11 is 0. The minimum atomic E-state index is -5.80. The first-order chi connectivity index (χ1) is 13.1. The number of nitrogens with zero attached hydrogens (tertiary/aromatic N) is 1. The fourth-order valence-corrected chi connectivity index (χ4v) is 5.26. The summed E-state index contributed by atoms with van der Waals surface area (Å²) in [6.07, 6.45) is -2.84. The van der Waals surface area contributed by atoms with Crippen molar-refractivity contribution in [2.75, 3.05) is 6.61 Å². The summed E-state index contributed by atoms with van der Waals surface area (Å²) in [5.74, 6) is 0. The predicted molar refractivity (Wildman–Crippen MR) is 86.0 cm³/mol. The van der Waals surface area contributed by atoms with Crippen LogP contribution in [-0.2, 0) is 31.6 Å². The van der Waals surface area contributed by atoms with Crippen molar-refractivity contribution >= 4 is 23.5 Å². The van der Waals surface area contributed by atoms with Crippen molar-refractivity contribution in [2.24, 2.45) is 0 Å². The molecule has 31 heavy (non-hydrogen) atoms. The number of aromatic nitrogens is 2. The molecule has 166 valence electrons. The number of hydrogen-bond acceptors (Lipinski definition) is 12. The van der Waals surface area contributed by atoms with Crippen LogP contribution in [0.1, 0.15) is 18.2 Å². The molecule has 0 aromatic carbocycles. The van der Waals surface area contributed by atoms with Gasteiger partial charge in [0.2, 0.25) is 0 Å². The van der Waals surface area contributed by atoms with Crippen molar-refractivity contribution in [1.82, 2.24) is 9.55 Å². The number of rotatable bonds is 8. The van der Waals surface area contributed by atoms with Crippen LogP contribution in [0, 0.1) is 6.92 Å². The van der Waals surface area contributed by atoms with Gasteiger partial charge >= 0.3 is 72.6 Å². The van der Waals surface area contributed by atoms with Crippen molar-refractivity contribution in [2.45, 2.75) is 31.8 Å². The van der Waals surface area contributed by atoms with Gasteiger partial charge in [-0.2, -0.15) is 0 Å². The van der Waals surface area contributed by atoms with Crippen LogP contribution in [0.5, 0.6) is 0 Å². The molecule has 0 bridgehead atoms. The van der Waals surface area contributed by atoms with E-state index in [1.165, 1.54) is 13.1 Å². The Balaban J connectivity index is 0.00000450. The third kappa shape index (κ3) is 10.0. The fourth-order valence-electron chi connectivity index (χ4n) is 2.30. The molecule has 6 atom stereocenters. The first-order valence-corrected chi connectivity index (χ1v) is 11.9. The molecule has 1 saturated heterocycles. The number of aromatic amines is 1. The summed E-state index contributed by atoms with van der Waals surface area (Å²) in [5.41, 5.74) is -1.31. The molecule has 1 aliphatic heterocycles. The third-order valence-electron chi connectivity index (χ3n) is 3.47. The average molecular weight is 526 g/mol. The molecule has 0 amide bonds. The topological polar surface area (TPSA) is 250 Å². The van der Waals surface area contributed by atoms with Gasteiger partial charge in [0, 0.05) is 18.2 Å². The van der Waals surface area contributed by atoms with Crippen LogP contribution in [-0.4, -0.2) is 43.3 Å². The summed E-state index contributed by atoms with van der Waals surface area (Å²) in [4.78, 5) is 64.5. The average Bonchev–Trinajstić information content (AvgIpc) is 2.86. The number of hydrogen-bond donors (Lipinski definition) is 4. The van der Waals surface area contributed by atoms with Crippen molar-refractivity contribution < 1.29 is 115 Å². The number of aliphatic hydroxyl groups is 1. The first-order valence-electron chi connectivity index (χ1n) is 7.49. The van der Waals surface area contributed by atoms with E-state index in [9.17, 15) is 38.2 Å². The maximum Gasteiger partial charge on any atom is 1.00 e. The van der Waals surface area contributed by atoms with E-state index >= 15 is 0 Å². The first kappa shape index (κ1) is 32.0. The van der Waals surface area contributed by atoms with Gasteiger partial charge in [-0.05, 0) is 6.92 Å². The number of phosphoric ester groups is 1. The Kier molecular flexibility index (Phi) is 12.5. The number of H-pyrrole nitrogens is 1. The third-order valence-corrected chi connectivity index (χ3v) is 7.21. The van der Waals surface area contributed by atoms with Gasteiger partial charge in [0.1, 0.15) is 12.3 Å². The Morgan fingerprint density at radius 2 is 1.81 bits per heavy atom. The summed E-state index contributed by atoms with van der Waals surface area (Å²) in [5, 5.41) is 9.95. The van der Waals surface area contributed by atoms with Crippen molar-refractivity contribution in [3.05, 3.63) is 32.6 Å². The number of aryl methyl sites for hydroxylation is 1. The molecule has 0 radical (unpaired) electrons. The molecule has 0 spiro atoms. The molecule has 16 nitrogen and oxygen atoms in total. The fraction of sp³-hybridized carbons (Fsp3) is 0.600. The number of nitrogens with one attached hydrogen (secondary N) is 1. The Morgan fingerprint density at radius 1 is 1.23 bits per heavy atom. The van der Waals surface area contributed by atoms with Crippen LogP contribution in [0.4, 0.5) is 0 Å².